The Labute approximate surface area is 158 Å². The molecule has 0 aromatic heterocycles. The van der Waals surface area contributed by atoms with E-state index < -0.39 is 17.7 Å². The summed E-state index contributed by atoms with van der Waals surface area (Å²) in [6.45, 7) is 0. The van der Waals surface area contributed by atoms with E-state index in [4.69, 9.17) is 12.2 Å². The van der Waals surface area contributed by atoms with Gasteiger partial charge in [0, 0.05) is 10.7 Å². The number of rotatable bonds is 4. The first kappa shape index (κ1) is 17.2. The van der Waals surface area contributed by atoms with Gasteiger partial charge in [0.05, 0.1) is 11.4 Å². The van der Waals surface area contributed by atoms with Gasteiger partial charge in [-0.25, -0.2) is 0 Å². The summed E-state index contributed by atoms with van der Waals surface area (Å²) in [7, 11) is 0. The van der Waals surface area contributed by atoms with Gasteiger partial charge in [0.2, 0.25) is 5.91 Å². The number of hydrogen-bond acceptors (Lipinski definition) is 5. The van der Waals surface area contributed by atoms with Crippen LogP contribution in [0.3, 0.4) is 0 Å². The second kappa shape index (κ2) is 7.54. The minimum atomic E-state index is -1.06. The predicted octanol–water partition coefficient (Wildman–Crippen LogP) is 2.91. The van der Waals surface area contributed by atoms with Crippen LogP contribution in [-0.4, -0.2) is 23.1 Å². The zero-order valence-corrected chi connectivity index (χ0v) is 15.3. The van der Waals surface area contributed by atoms with Gasteiger partial charge in [-0.3, -0.25) is 19.9 Å². The third-order valence-electron chi connectivity index (χ3n) is 3.48. The Bertz CT molecular complexity index is 839. The van der Waals surface area contributed by atoms with Gasteiger partial charge in [-0.05, 0) is 48.6 Å². The molecular formula is C17H13BrN4O2S. The average Bonchev–Trinajstić information content (AvgIpc) is 2.60. The summed E-state index contributed by atoms with van der Waals surface area (Å²) in [5.41, 5.74) is 4.11. The maximum absolute atomic E-state index is 12.7. The van der Waals surface area contributed by atoms with Crippen LogP contribution in [0.5, 0.6) is 0 Å². The standard InChI is InChI=1S/C17H13BrN4O2S/c18-11-6-8-13(9-7-11)22-16(24)14(15(23)20-17(22)25)10-19-21-12-4-2-1-3-5-12/h1-10,14,21H,(H,20,23,25)/b19-10-/t14-/m0/s1. The number of nitrogens with zero attached hydrogens (tertiary/aromatic N) is 2. The van der Waals surface area contributed by atoms with Gasteiger partial charge in [0.1, 0.15) is 0 Å². The lowest BCUT2D eigenvalue weighted by Gasteiger charge is -2.30. The minimum absolute atomic E-state index is 0.0537. The number of anilines is 2. The number of hydrazone groups is 1. The van der Waals surface area contributed by atoms with Crippen LogP contribution >= 0.6 is 28.1 Å². The van der Waals surface area contributed by atoms with Gasteiger partial charge in [-0.2, -0.15) is 5.10 Å². The molecule has 25 heavy (non-hydrogen) atoms. The number of carbonyl (C=O) groups excluding carboxylic acids is 2. The van der Waals surface area contributed by atoms with Crippen molar-refractivity contribution in [2.45, 2.75) is 0 Å². The van der Waals surface area contributed by atoms with Crippen LogP contribution in [0, 0.1) is 5.92 Å². The first-order valence-corrected chi connectivity index (χ1v) is 8.55. The number of benzene rings is 2. The van der Waals surface area contributed by atoms with Crippen LogP contribution in [0.4, 0.5) is 11.4 Å². The molecule has 126 valence electrons. The van der Waals surface area contributed by atoms with Crippen molar-refractivity contribution in [1.82, 2.24) is 5.32 Å². The molecule has 0 unspecified atom stereocenters. The first-order chi connectivity index (χ1) is 12.1. The van der Waals surface area contributed by atoms with Crippen molar-refractivity contribution in [3.63, 3.8) is 0 Å². The van der Waals surface area contributed by atoms with Crippen LogP contribution < -0.4 is 15.6 Å². The van der Waals surface area contributed by atoms with Crippen LogP contribution in [0.2, 0.25) is 0 Å². The second-order valence-electron chi connectivity index (χ2n) is 5.18. The second-order valence-corrected chi connectivity index (χ2v) is 6.48. The van der Waals surface area contributed by atoms with Crippen LogP contribution in [0.15, 0.2) is 64.2 Å². The molecule has 8 heteroatoms. The SMILES string of the molecule is O=C1NC(=S)N(c2ccc(Br)cc2)C(=O)[C@H]1/C=N\Nc1ccccc1. The summed E-state index contributed by atoms with van der Waals surface area (Å²) in [6.07, 6.45) is 1.28. The monoisotopic (exact) mass is 416 g/mol. The third kappa shape index (κ3) is 3.92. The van der Waals surface area contributed by atoms with E-state index in [0.29, 0.717) is 5.69 Å². The van der Waals surface area contributed by atoms with Crippen molar-refractivity contribution in [3.8, 4) is 0 Å². The summed E-state index contributed by atoms with van der Waals surface area (Å²) in [5.74, 6) is -2.01. The lowest BCUT2D eigenvalue weighted by Crippen LogP contribution is -2.58. The van der Waals surface area contributed by atoms with Crippen molar-refractivity contribution in [3.05, 3.63) is 59.1 Å². The Hall–Kier alpha value is -2.58. The van der Waals surface area contributed by atoms with Gasteiger partial charge in [0.25, 0.3) is 5.91 Å². The van der Waals surface area contributed by atoms with Crippen molar-refractivity contribution in [2.75, 3.05) is 10.3 Å². The highest BCUT2D eigenvalue weighted by molar-refractivity contribution is 9.10. The van der Waals surface area contributed by atoms with Crippen LogP contribution in [0.1, 0.15) is 0 Å². The molecule has 0 bridgehead atoms. The molecule has 2 aromatic rings. The number of para-hydroxylation sites is 1. The van der Waals surface area contributed by atoms with E-state index in [2.05, 4.69) is 31.8 Å². The Kier molecular flexibility index (Phi) is 5.20. The Morgan fingerprint density at radius 1 is 1.12 bits per heavy atom. The summed E-state index contributed by atoms with van der Waals surface area (Å²) >= 11 is 8.48. The van der Waals surface area contributed by atoms with E-state index in [1.807, 2.05) is 30.3 Å². The zero-order chi connectivity index (χ0) is 17.8. The number of thiocarbonyl (C=S) groups is 1. The van der Waals surface area contributed by atoms with E-state index >= 15 is 0 Å². The van der Waals surface area contributed by atoms with Crippen molar-refractivity contribution in [1.29, 1.82) is 0 Å². The highest BCUT2D eigenvalue weighted by Crippen LogP contribution is 2.22. The molecule has 0 radical (unpaired) electrons. The summed E-state index contributed by atoms with van der Waals surface area (Å²) < 4.78 is 0.876. The Balaban J connectivity index is 1.79. The Morgan fingerprint density at radius 2 is 1.80 bits per heavy atom. The lowest BCUT2D eigenvalue weighted by molar-refractivity contribution is -0.130. The topological polar surface area (TPSA) is 73.8 Å². The van der Waals surface area contributed by atoms with Crippen molar-refractivity contribution in [2.24, 2.45) is 11.0 Å². The highest BCUT2D eigenvalue weighted by atomic mass is 79.9. The molecule has 1 heterocycles. The maximum atomic E-state index is 12.7. The third-order valence-corrected chi connectivity index (χ3v) is 4.29. The van der Waals surface area contributed by atoms with E-state index in [1.54, 1.807) is 24.3 Å². The summed E-state index contributed by atoms with van der Waals surface area (Å²) in [6, 6.07) is 16.3. The smallest absolute Gasteiger partial charge is 0.251 e. The number of halogens is 1. The maximum Gasteiger partial charge on any atom is 0.251 e. The van der Waals surface area contributed by atoms with Gasteiger partial charge in [-0.1, -0.05) is 34.1 Å². The van der Waals surface area contributed by atoms with Crippen LogP contribution in [0.25, 0.3) is 0 Å². The number of hydrogen-bond donors (Lipinski definition) is 2. The molecule has 2 N–H and O–H groups in total. The molecular weight excluding hydrogens is 404 g/mol. The molecule has 0 aliphatic carbocycles. The molecule has 1 fully saturated rings. The quantitative estimate of drug-likeness (QED) is 0.347. The van der Waals surface area contributed by atoms with E-state index in [1.165, 1.54) is 11.1 Å². The minimum Gasteiger partial charge on any atom is -0.301 e. The molecule has 3 rings (SSSR count). The molecule has 1 aliphatic heterocycles. The number of amides is 2. The summed E-state index contributed by atoms with van der Waals surface area (Å²) in [4.78, 5) is 26.1. The lowest BCUT2D eigenvalue weighted by atomic mass is 10.1. The first-order valence-electron chi connectivity index (χ1n) is 7.35. The fraction of sp³-hybridized carbons (Fsp3) is 0.0588. The van der Waals surface area contributed by atoms with Crippen molar-refractivity contribution < 1.29 is 9.59 Å². The molecule has 2 amide bonds. The van der Waals surface area contributed by atoms with Crippen molar-refractivity contribution >= 4 is 62.7 Å². The van der Waals surface area contributed by atoms with Gasteiger partial charge >= 0.3 is 0 Å². The van der Waals surface area contributed by atoms with Crippen LogP contribution in [-0.2, 0) is 9.59 Å². The highest BCUT2D eigenvalue weighted by Gasteiger charge is 2.38. The molecule has 1 saturated heterocycles. The van der Waals surface area contributed by atoms with Gasteiger partial charge in [-0.15, -0.1) is 0 Å². The average molecular weight is 417 g/mol. The fourth-order valence-corrected chi connectivity index (χ4v) is 2.82. The molecule has 1 aliphatic rings. The van der Waals surface area contributed by atoms with E-state index in [0.717, 1.165) is 10.2 Å². The number of carbonyl (C=O) groups is 2. The summed E-state index contributed by atoms with van der Waals surface area (Å²) in [5, 5.41) is 6.59. The molecule has 0 spiro atoms. The molecule has 1 atom stereocenters. The molecule has 6 nitrogen and oxygen atoms in total. The van der Waals surface area contributed by atoms with Gasteiger partial charge in [0.15, 0.2) is 11.0 Å². The number of nitrogens with one attached hydrogen (secondary N) is 2. The zero-order valence-electron chi connectivity index (χ0n) is 12.8. The predicted molar refractivity (Wildman–Crippen MR) is 104 cm³/mol. The molecule has 2 aromatic carbocycles. The largest absolute Gasteiger partial charge is 0.301 e. The van der Waals surface area contributed by atoms with Gasteiger partial charge < -0.3 is 5.32 Å². The normalized spacial score (nSPS) is 17.7. The Morgan fingerprint density at radius 3 is 2.48 bits per heavy atom. The molecule has 0 saturated carbocycles. The van der Waals surface area contributed by atoms with E-state index in [9.17, 15) is 9.59 Å². The van der Waals surface area contributed by atoms with E-state index in [-0.39, 0.29) is 5.11 Å². The fourth-order valence-electron chi connectivity index (χ4n) is 2.26.